The second-order valence-electron chi connectivity index (χ2n) is 13.2. The number of hydrogen-bond donors (Lipinski definition) is 0. The number of fused-ring (bicyclic) bond motifs is 5. The van der Waals surface area contributed by atoms with Crippen LogP contribution in [0.1, 0.15) is 0 Å². The predicted octanol–water partition coefficient (Wildman–Crippen LogP) is 12.9. The van der Waals surface area contributed by atoms with Gasteiger partial charge in [-0.1, -0.05) is 176 Å². The topological polar surface area (TPSA) is 51.8 Å². The molecule has 0 aliphatic carbocycles. The van der Waals surface area contributed by atoms with Crippen molar-refractivity contribution in [3.63, 3.8) is 0 Å². The highest BCUT2D eigenvalue weighted by atomic mass is 16.3. The Hall–Kier alpha value is -7.17. The number of rotatable bonds is 6. The van der Waals surface area contributed by atoms with Gasteiger partial charge < -0.3 is 4.42 Å². The fourth-order valence-corrected chi connectivity index (χ4v) is 7.32. The number of hydrogen-bond acceptors (Lipinski definition) is 4. The van der Waals surface area contributed by atoms with Gasteiger partial charge in [-0.25, -0.2) is 15.0 Å². The molecule has 0 fully saturated rings. The summed E-state index contributed by atoms with van der Waals surface area (Å²) in [4.78, 5) is 15.0. The van der Waals surface area contributed by atoms with Crippen molar-refractivity contribution in [2.24, 2.45) is 0 Å². The van der Waals surface area contributed by atoms with Gasteiger partial charge in [0.25, 0.3) is 0 Å². The Kier molecular flexibility index (Phi) is 7.43. The highest BCUT2D eigenvalue weighted by Gasteiger charge is 2.18. The number of benzene rings is 8. The molecule has 0 spiro atoms. The molecular weight excluding hydrogens is 647 g/mol. The fraction of sp³-hybridized carbons (Fsp3) is 0. The first kappa shape index (κ1) is 30.6. The van der Waals surface area contributed by atoms with E-state index in [1.54, 1.807) is 0 Å². The normalized spacial score (nSPS) is 11.4. The summed E-state index contributed by atoms with van der Waals surface area (Å²) in [6, 6.07) is 65.1. The zero-order chi connectivity index (χ0) is 35.1. The van der Waals surface area contributed by atoms with Crippen molar-refractivity contribution in [1.29, 1.82) is 0 Å². The maximum atomic E-state index is 6.80. The minimum absolute atomic E-state index is 0.618. The fourth-order valence-electron chi connectivity index (χ4n) is 7.32. The zero-order valence-electron chi connectivity index (χ0n) is 28.6. The van der Waals surface area contributed by atoms with Gasteiger partial charge in [0.05, 0.1) is 0 Å². The first-order valence-corrected chi connectivity index (χ1v) is 17.8. The van der Waals surface area contributed by atoms with E-state index < -0.39 is 0 Å². The van der Waals surface area contributed by atoms with Crippen LogP contribution in [0, 0.1) is 0 Å². The van der Waals surface area contributed by atoms with Crippen LogP contribution in [-0.2, 0) is 0 Å². The number of furan rings is 1. The number of aromatic nitrogens is 3. The molecule has 0 atom stereocenters. The van der Waals surface area contributed by atoms with E-state index in [9.17, 15) is 0 Å². The summed E-state index contributed by atoms with van der Waals surface area (Å²) in [7, 11) is 0. The molecule has 0 unspecified atom stereocenters. The smallest absolute Gasteiger partial charge is 0.164 e. The standard InChI is InChI=1S/C49H31N3O/c1-4-14-32(15-5-1)37-20-12-21-38(30-37)49-51-47(35-18-8-3-9-19-35)50-48(52-49)36-28-26-34(27-29-36)39-24-13-25-42-44-31-43(33-16-6-2-7-17-33)40-22-10-11-23-41(40)46(44)53-45(39)42/h1-31H. The lowest BCUT2D eigenvalue weighted by Crippen LogP contribution is -2.00. The molecule has 4 heteroatoms. The molecule has 0 N–H and O–H groups in total. The summed E-state index contributed by atoms with van der Waals surface area (Å²) < 4.78 is 6.80. The molecule has 10 aromatic rings. The van der Waals surface area contributed by atoms with Crippen LogP contribution >= 0.6 is 0 Å². The zero-order valence-corrected chi connectivity index (χ0v) is 28.6. The van der Waals surface area contributed by atoms with Gasteiger partial charge in [0.2, 0.25) is 0 Å². The molecule has 0 amide bonds. The molecule has 8 aromatic carbocycles. The van der Waals surface area contributed by atoms with Crippen LogP contribution in [0.5, 0.6) is 0 Å². The minimum Gasteiger partial charge on any atom is -0.455 e. The van der Waals surface area contributed by atoms with E-state index in [0.717, 1.165) is 66.3 Å². The first-order chi connectivity index (χ1) is 26.3. The predicted molar refractivity (Wildman–Crippen MR) is 217 cm³/mol. The monoisotopic (exact) mass is 677 g/mol. The summed E-state index contributed by atoms with van der Waals surface area (Å²) >= 11 is 0. The van der Waals surface area contributed by atoms with Gasteiger partial charge in [0.15, 0.2) is 17.5 Å². The molecule has 0 saturated carbocycles. The minimum atomic E-state index is 0.618. The number of nitrogens with zero attached hydrogens (tertiary/aromatic N) is 3. The third-order valence-corrected chi connectivity index (χ3v) is 9.94. The third-order valence-electron chi connectivity index (χ3n) is 9.94. The Morgan fingerprint density at radius 2 is 0.717 bits per heavy atom. The molecule has 0 aliphatic heterocycles. The van der Waals surface area contributed by atoms with Gasteiger partial charge in [-0.05, 0) is 45.3 Å². The molecule has 53 heavy (non-hydrogen) atoms. The van der Waals surface area contributed by atoms with Crippen LogP contribution in [0.3, 0.4) is 0 Å². The molecule has 248 valence electrons. The first-order valence-electron chi connectivity index (χ1n) is 17.8. The summed E-state index contributed by atoms with van der Waals surface area (Å²) in [6.45, 7) is 0. The molecule has 2 aromatic heterocycles. The largest absolute Gasteiger partial charge is 0.455 e. The lowest BCUT2D eigenvalue weighted by Gasteiger charge is -2.10. The molecule has 4 nitrogen and oxygen atoms in total. The average Bonchev–Trinajstić information content (AvgIpc) is 3.63. The van der Waals surface area contributed by atoms with E-state index in [1.807, 2.05) is 36.4 Å². The van der Waals surface area contributed by atoms with Gasteiger partial charge in [0, 0.05) is 38.4 Å². The summed E-state index contributed by atoms with van der Waals surface area (Å²) in [5.74, 6) is 1.88. The summed E-state index contributed by atoms with van der Waals surface area (Å²) in [5, 5.41) is 4.49. The summed E-state index contributed by atoms with van der Waals surface area (Å²) in [5.41, 5.74) is 11.3. The van der Waals surface area contributed by atoms with Gasteiger partial charge >= 0.3 is 0 Å². The van der Waals surface area contributed by atoms with Crippen molar-refractivity contribution < 1.29 is 4.42 Å². The Morgan fingerprint density at radius 1 is 0.264 bits per heavy atom. The molecular formula is C49H31N3O. The maximum absolute atomic E-state index is 6.80. The van der Waals surface area contributed by atoms with E-state index >= 15 is 0 Å². The SMILES string of the molecule is c1ccc(-c2cccc(-c3nc(-c4ccccc4)nc(-c4ccc(-c5cccc6c5oc5c7ccccc7c(-c7ccccc7)cc65)cc4)n3)c2)cc1. The van der Waals surface area contributed by atoms with Gasteiger partial charge in [-0.15, -0.1) is 0 Å². The Bertz CT molecular complexity index is 2920. The Balaban J connectivity index is 1.08. The molecule has 2 heterocycles. The van der Waals surface area contributed by atoms with Crippen LogP contribution < -0.4 is 0 Å². The molecule has 0 bridgehead atoms. The number of para-hydroxylation sites is 1. The van der Waals surface area contributed by atoms with E-state index in [0.29, 0.717) is 17.5 Å². The van der Waals surface area contributed by atoms with Crippen molar-refractivity contribution in [3.05, 3.63) is 188 Å². The Morgan fingerprint density at radius 3 is 1.42 bits per heavy atom. The van der Waals surface area contributed by atoms with Crippen LogP contribution in [-0.4, -0.2) is 15.0 Å². The van der Waals surface area contributed by atoms with Gasteiger partial charge in [-0.3, -0.25) is 0 Å². The average molecular weight is 678 g/mol. The van der Waals surface area contributed by atoms with Crippen molar-refractivity contribution in [2.45, 2.75) is 0 Å². The molecule has 0 saturated heterocycles. The highest BCUT2D eigenvalue weighted by molar-refractivity contribution is 6.20. The third kappa shape index (κ3) is 5.54. The highest BCUT2D eigenvalue weighted by Crippen LogP contribution is 2.42. The molecule has 0 aliphatic rings. The van der Waals surface area contributed by atoms with Crippen LogP contribution in [0.4, 0.5) is 0 Å². The molecule has 0 radical (unpaired) electrons. The van der Waals surface area contributed by atoms with E-state index in [2.05, 4.69) is 152 Å². The van der Waals surface area contributed by atoms with Crippen molar-refractivity contribution in [3.8, 4) is 67.5 Å². The van der Waals surface area contributed by atoms with Crippen molar-refractivity contribution >= 4 is 32.7 Å². The molecule has 10 rings (SSSR count). The van der Waals surface area contributed by atoms with E-state index in [1.165, 1.54) is 16.5 Å². The Labute approximate surface area is 306 Å². The van der Waals surface area contributed by atoms with Crippen LogP contribution in [0.2, 0.25) is 0 Å². The second-order valence-corrected chi connectivity index (χ2v) is 13.2. The van der Waals surface area contributed by atoms with Gasteiger partial charge in [-0.2, -0.15) is 0 Å². The van der Waals surface area contributed by atoms with Crippen molar-refractivity contribution in [1.82, 2.24) is 15.0 Å². The summed E-state index contributed by atoms with van der Waals surface area (Å²) in [6.07, 6.45) is 0. The van der Waals surface area contributed by atoms with Crippen molar-refractivity contribution in [2.75, 3.05) is 0 Å². The van der Waals surface area contributed by atoms with E-state index in [-0.39, 0.29) is 0 Å². The van der Waals surface area contributed by atoms with Crippen LogP contribution in [0.15, 0.2) is 192 Å². The maximum Gasteiger partial charge on any atom is 0.164 e. The quantitative estimate of drug-likeness (QED) is 0.176. The lowest BCUT2D eigenvalue weighted by atomic mass is 9.95. The van der Waals surface area contributed by atoms with Gasteiger partial charge in [0.1, 0.15) is 11.2 Å². The lowest BCUT2D eigenvalue weighted by molar-refractivity contribution is 0.674. The van der Waals surface area contributed by atoms with E-state index in [4.69, 9.17) is 19.4 Å². The van der Waals surface area contributed by atoms with Crippen LogP contribution in [0.25, 0.3) is 100 Å². The second kappa shape index (κ2) is 12.9.